The van der Waals surface area contributed by atoms with Crippen molar-refractivity contribution in [1.29, 1.82) is 0 Å². The van der Waals surface area contributed by atoms with Gasteiger partial charge in [0, 0.05) is 0 Å². The molecule has 17 heavy (non-hydrogen) atoms. The minimum atomic E-state index is -7.45. The van der Waals surface area contributed by atoms with Gasteiger partial charge in [-0.1, -0.05) is 0 Å². The highest BCUT2D eigenvalue weighted by Crippen LogP contribution is 2.57. The Labute approximate surface area is 85.4 Å². The summed E-state index contributed by atoms with van der Waals surface area (Å²) in [6.45, 7) is 0. The first-order valence-corrected chi connectivity index (χ1v) is 3.37. The van der Waals surface area contributed by atoms with Crippen LogP contribution in [0.1, 0.15) is 0 Å². The second kappa shape index (κ2) is 3.59. The molecule has 0 aromatic rings. The van der Waals surface area contributed by atoms with Crippen molar-refractivity contribution >= 4 is 0 Å². The first kappa shape index (κ1) is 16.2. The van der Waals surface area contributed by atoms with Gasteiger partial charge in [-0.15, -0.1) is 0 Å². The highest BCUT2D eigenvalue weighted by molar-refractivity contribution is 5.09. The van der Waals surface area contributed by atoms with Gasteiger partial charge in [-0.05, 0) is 0 Å². The molecule has 0 rings (SSSR count). The molecule has 0 heterocycles. The number of hydrogen-bond donors (Lipinski definition) is 1. The van der Waals surface area contributed by atoms with Crippen LogP contribution in [0.2, 0.25) is 0 Å². The van der Waals surface area contributed by atoms with Crippen LogP contribution in [-0.4, -0.2) is 30.0 Å². The van der Waals surface area contributed by atoms with Crippen LogP contribution < -0.4 is 5.73 Å². The Morgan fingerprint density at radius 3 is 0.824 bits per heavy atom. The highest BCUT2D eigenvalue weighted by atomic mass is 19.4. The van der Waals surface area contributed by atoms with E-state index in [4.69, 9.17) is 0 Å². The molecule has 0 fully saturated rings. The van der Waals surface area contributed by atoms with Crippen LogP contribution in [-0.2, 0) is 0 Å². The van der Waals surface area contributed by atoms with E-state index in [1.165, 1.54) is 0 Å². The largest absolute Gasteiger partial charge is 0.438 e. The Morgan fingerprint density at radius 2 is 0.765 bits per heavy atom. The van der Waals surface area contributed by atoms with Gasteiger partial charge < -0.3 is 0 Å². The molecule has 0 aromatic heterocycles. The molecule has 0 spiro atoms. The predicted molar refractivity (Wildman–Crippen MR) is 30.0 cm³/mol. The van der Waals surface area contributed by atoms with Gasteiger partial charge in [0.05, 0.1) is 0 Å². The maximum absolute atomic E-state index is 12.5. The molecule has 0 amide bonds. The van der Waals surface area contributed by atoms with Gasteiger partial charge in [0.25, 0.3) is 0 Å². The van der Waals surface area contributed by atoms with E-state index in [9.17, 15) is 48.3 Å². The normalized spacial score (nSPS) is 16.2. The summed E-state index contributed by atoms with van der Waals surface area (Å²) in [5.74, 6) is -7.21. The molecule has 0 aromatic carbocycles. The summed E-state index contributed by atoms with van der Waals surface area (Å²) in [4.78, 5) is 0. The summed E-state index contributed by atoms with van der Waals surface area (Å²) in [5, 5.41) is 0. The van der Waals surface area contributed by atoms with Crippen molar-refractivity contribution in [1.82, 2.24) is 0 Å². The number of alkyl halides is 11. The molecule has 0 bridgehead atoms. The lowest BCUT2D eigenvalue weighted by molar-refractivity contribution is -0.425. The minimum absolute atomic E-state index is 3.17. The van der Waals surface area contributed by atoms with Crippen molar-refractivity contribution in [2.75, 3.05) is 0 Å². The van der Waals surface area contributed by atoms with Gasteiger partial charge in [0.2, 0.25) is 0 Å². The van der Waals surface area contributed by atoms with Crippen molar-refractivity contribution < 1.29 is 48.3 Å². The molecule has 2 N–H and O–H groups in total. The summed E-state index contributed by atoms with van der Waals surface area (Å²) < 4.78 is 131. The van der Waals surface area contributed by atoms with Crippen molar-refractivity contribution in [3.8, 4) is 0 Å². The lowest BCUT2D eigenvalue weighted by atomic mass is 9.94. The van der Waals surface area contributed by atoms with Crippen molar-refractivity contribution in [3.05, 3.63) is 0 Å². The standard InChI is InChI=1S/C5H2F11N/c6-1(3(9,10)11,4(12,13)14)2(7,8)5(15,16)17/h17H2. The molecule has 0 unspecified atom stereocenters. The molecule has 0 atom stereocenters. The zero-order valence-electron chi connectivity index (χ0n) is 7.23. The van der Waals surface area contributed by atoms with Crippen molar-refractivity contribution in [3.63, 3.8) is 0 Å². The molecular formula is C5H2F11N. The van der Waals surface area contributed by atoms with E-state index in [0.717, 1.165) is 0 Å². The number of rotatable bonds is 2. The molecule has 0 radical (unpaired) electrons. The van der Waals surface area contributed by atoms with Gasteiger partial charge in [-0.3, -0.25) is 5.73 Å². The monoisotopic (exact) mass is 285 g/mol. The lowest BCUT2D eigenvalue weighted by Crippen LogP contribution is -2.72. The predicted octanol–water partition coefficient (Wildman–Crippen LogP) is 3.01. The van der Waals surface area contributed by atoms with Crippen LogP contribution in [0.5, 0.6) is 0 Å². The quantitative estimate of drug-likeness (QED) is 0.612. The molecule has 0 saturated heterocycles. The second-order valence-electron chi connectivity index (χ2n) is 2.85. The fraction of sp³-hybridized carbons (Fsp3) is 1.00. The van der Waals surface area contributed by atoms with E-state index >= 15 is 0 Å². The Kier molecular flexibility index (Phi) is 3.42. The van der Waals surface area contributed by atoms with E-state index in [0.29, 0.717) is 0 Å². The third-order valence-corrected chi connectivity index (χ3v) is 1.63. The highest BCUT2D eigenvalue weighted by Gasteiger charge is 2.89. The van der Waals surface area contributed by atoms with E-state index < -0.39 is 30.0 Å². The zero-order chi connectivity index (χ0) is 14.5. The second-order valence-corrected chi connectivity index (χ2v) is 2.85. The van der Waals surface area contributed by atoms with E-state index in [2.05, 4.69) is 5.73 Å². The molecular weight excluding hydrogens is 283 g/mol. The first-order chi connectivity index (χ1) is 7.00. The SMILES string of the molecule is NC(F)(F)C(F)(F)C(F)(C(F)(F)F)C(F)(F)F. The molecule has 0 aliphatic heterocycles. The topological polar surface area (TPSA) is 26.0 Å². The van der Waals surface area contributed by atoms with E-state index in [1.54, 1.807) is 0 Å². The molecule has 0 saturated carbocycles. The fourth-order valence-electron chi connectivity index (χ4n) is 0.746. The summed E-state index contributed by atoms with van der Waals surface area (Å²) in [5.41, 5.74) is -4.28. The molecule has 1 nitrogen and oxygen atoms in total. The van der Waals surface area contributed by atoms with Gasteiger partial charge in [-0.2, -0.15) is 43.9 Å². The zero-order valence-corrected chi connectivity index (χ0v) is 7.23. The minimum Gasteiger partial charge on any atom is -0.267 e. The summed E-state index contributed by atoms with van der Waals surface area (Å²) in [6.07, 6.45) is -14.6. The van der Waals surface area contributed by atoms with Crippen molar-refractivity contribution in [2.45, 2.75) is 30.0 Å². The average Bonchev–Trinajstić information content (AvgIpc) is 1.95. The van der Waals surface area contributed by atoms with Crippen molar-refractivity contribution in [2.24, 2.45) is 5.73 Å². The van der Waals surface area contributed by atoms with Crippen LogP contribution >= 0.6 is 0 Å². The van der Waals surface area contributed by atoms with Crippen LogP contribution in [0.3, 0.4) is 0 Å². The lowest BCUT2D eigenvalue weighted by Gasteiger charge is -2.38. The van der Waals surface area contributed by atoms with Crippen LogP contribution in [0, 0.1) is 0 Å². The maximum atomic E-state index is 12.5. The van der Waals surface area contributed by atoms with Gasteiger partial charge in [0.1, 0.15) is 0 Å². The van der Waals surface area contributed by atoms with Crippen LogP contribution in [0.4, 0.5) is 48.3 Å². The average molecular weight is 285 g/mol. The molecule has 12 heteroatoms. The Balaban J connectivity index is 6.04. The molecule has 0 aliphatic carbocycles. The van der Waals surface area contributed by atoms with Gasteiger partial charge in [0.15, 0.2) is 0 Å². The van der Waals surface area contributed by atoms with E-state index in [-0.39, 0.29) is 0 Å². The number of nitrogens with two attached hydrogens (primary N) is 1. The summed E-state index contributed by atoms with van der Waals surface area (Å²) in [6, 6.07) is -6.35. The van der Waals surface area contributed by atoms with E-state index in [1.807, 2.05) is 0 Å². The molecule has 0 aliphatic rings. The Morgan fingerprint density at radius 1 is 0.529 bits per heavy atom. The smallest absolute Gasteiger partial charge is 0.267 e. The number of halogens is 11. The first-order valence-electron chi connectivity index (χ1n) is 3.37. The summed E-state index contributed by atoms with van der Waals surface area (Å²) in [7, 11) is 0. The fourth-order valence-corrected chi connectivity index (χ4v) is 0.746. The van der Waals surface area contributed by atoms with Crippen LogP contribution in [0.15, 0.2) is 0 Å². The third kappa shape index (κ3) is 2.13. The maximum Gasteiger partial charge on any atom is 0.438 e. The molecule has 104 valence electrons. The van der Waals surface area contributed by atoms with Crippen LogP contribution in [0.25, 0.3) is 0 Å². The number of hydrogen-bond acceptors (Lipinski definition) is 1. The van der Waals surface area contributed by atoms with Gasteiger partial charge >= 0.3 is 30.0 Å². The Hall–Kier alpha value is -0.810. The third-order valence-electron chi connectivity index (χ3n) is 1.63. The Bertz CT molecular complexity index is 266. The van der Waals surface area contributed by atoms with Gasteiger partial charge in [-0.25, -0.2) is 4.39 Å². The summed E-state index contributed by atoms with van der Waals surface area (Å²) >= 11 is 0.